The van der Waals surface area contributed by atoms with Crippen LogP contribution < -0.4 is 5.73 Å². The van der Waals surface area contributed by atoms with Crippen molar-refractivity contribution in [2.45, 2.75) is 64.8 Å². The molecular weight excluding hydrogens is 262 g/mol. The van der Waals surface area contributed by atoms with E-state index in [4.69, 9.17) is 10.5 Å². The number of rotatable bonds is 10. The van der Waals surface area contributed by atoms with Crippen molar-refractivity contribution in [3.05, 3.63) is 35.4 Å². The Bertz CT molecular complexity index is 400. The molecule has 0 saturated carbocycles. The highest BCUT2D eigenvalue weighted by Gasteiger charge is 2.10. The monoisotopic (exact) mass is 291 g/mol. The van der Waals surface area contributed by atoms with E-state index in [-0.39, 0.29) is 18.4 Å². The van der Waals surface area contributed by atoms with Crippen molar-refractivity contribution in [1.29, 1.82) is 0 Å². The molecule has 21 heavy (non-hydrogen) atoms. The number of nitrogens with two attached hydrogens (primary N) is 1. The van der Waals surface area contributed by atoms with Gasteiger partial charge in [-0.25, -0.2) is 0 Å². The van der Waals surface area contributed by atoms with E-state index in [1.807, 2.05) is 6.92 Å². The number of carbonyl (C=O) groups excluding carboxylic acids is 1. The van der Waals surface area contributed by atoms with Crippen LogP contribution in [-0.2, 0) is 22.4 Å². The number of esters is 1. The minimum Gasteiger partial charge on any atom is -0.466 e. The third kappa shape index (κ3) is 7.86. The van der Waals surface area contributed by atoms with Gasteiger partial charge in [0.25, 0.3) is 0 Å². The molecule has 1 rings (SSSR count). The molecule has 0 aliphatic carbocycles. The van der Waals surface area contributed by atoms with E-state index in [9.17, 15) is 4.79 Å². The summed E-state index contributed by atoms with van der Waals surface area (Å²) in [5.41, 5.74) is 8.56. The Labute approximate surface area is 128 Å². The summed E-state index contributed by atoms with van der Waals surface area (Å²) in [5, 5.41) is 0. The minimum absolute atomic E-state index is 0.167. The predicted molar refractivity (Wildman–Crippen MR) is 87.2 cm³/mol. The molecule has 118 valence electrons. The van der Waals surface area contributed by atoms with Gasteiger partial charge in [-0.15, -0.1) is 0 Å². The zero-order chi connectivity index (χ0) is 15.5. The summed E-state index contributed by atoms with van der Waals surface area (Å²) in [6, 6.07) is 8.44. The Morgan fingerprint density at radius 2 is 1.76 bits per heavy atom. The van der Waals surface area contributed by atoms with Crippen molar-refractivity contribution in [1.82, 2.24) is 0 Å². The Kier molecular flexibility index (Phi) is 8.76. The van der Waals surface area contributed by atoms with Crippen LogP contribution in [0.5, 0.6) is 0 Å². The van der Waals surface area contributed by atoms with Crippen molar-refractivity contribution >= 4 is 5.97 Å². The van der Waals surface area contributed by atoms with Gasteiger partial charge in [-0.3, -0.25) is 4.79 Å². The molecule has 0 amide bonds. The minimum atomic E-state index is -0.211. The number of carbonyl (C=O) groups is 1. The summed E-state index contributed by atoms with van der Waals surface area (Å²) >= 11 is 0. The second-order valence-corrected chi connectivity index (χ2v) is 5.60. The molecule has 0 fully saturated rings. The van der Waals surface area contributed by atoms with E-state index < -0.39 is 0 Å². The molecule has 0 radical (unpaired) electrons. The summed E-state index contributed by atoms with van der Waals surface area (Å²) in [6.45, 7) is 4.45. The van der Waals surface area contributed by atoms with E-state index in [1.54, 1.807) is 0 Å². The second-order valence-electron chi connectivity index (χ2n) is 5.60. The van der Waals surface area contributed by atoms with Crippen molar-refractivity contribution in [2.75, 3.05) is 6.61 Å². The molecule has 0 saturated heterocycles. The summed E-state index contributed by atoms with van der Waals surface area (Å²) in [4.78, 5) is 11.4. The van der Waals surface area contributed by atoms with Gasteiger partial charge in [0.15, 0.2) is 0 Å². The van der Waals surface area contributed by atoms with Crippen LogP contribution in [0.4, 0.5) is 0 Å². The largest absolute Gasteiger partial charge is 0.466 e. The molecule has 1 atom stereocenters. The highest BCUT2D eigenvalue weighted by Crippen LogP contribution is 2.11. The summed E-state index contributed by atoms with van der Waals surface area (Å²) < 4.78 is 4.91. The van der Waals surface area contributed by atoms with Crippen LogP contribution in [0.15, 0.2) is 24.3 Å². The Morgan fingerprint density at radius 1 is 1.10 bits per heavy atom. The normalized spacial score (nSPS) is 12.1. The number of aryl methyl sites for hydroxylation is 1. The van der Waals surface area contributed by atoms with Crippen molar-refractivity contribution in [3.8, 4) is 0 Å². The first-order valence-corrected chi connectivity index (χ1v) is 8.14. The SMILES string of the molecule is CCCCCCc1ccc(CC(N)CC(=O)OCC)cc1. The summed E-state index contributed by atoms with van der Waals surface area (Å²) in [7, 11) is 0. The number of hydrogen-bond donors (Lipinski definition) is 1. The van der Waals surface area contributed by atoms with Crippen molar-refractivity contribution in [3.63, 3.8) is 0 Å². The third-order valence-electron chi connectivity index (χ3n) is 3.57. The Hall–Kier alpha value is -1.35. The van der Waals surface area contributed by atoms with Crippen molar-refractivity contribution < 1.29 is 9.53 Å². The molecule has 3 heteroatoms. The first-order valence-electron chi connectivity index (χ1n) is 8.14. The van der Waals surface area contributed by atoms with Crippen LogP contribution in [-0.4, -0.2) is 18.6 Å². The van der Waals surface area contributed by atoms with Crippen LogP contribution in [0.25, 0.3) is 0 Å². The van der Waals surface area contributed by atoms with Gasteiger partial charge in [-0.1, -0.05) is 50.5 Å². The molecule has 0 aromatic heterocycles. The Balaban J connectivity index is 2.34. The smallest absolute Gasteiger partial charge is 0.307 e. The van der Waals surface area contributed by atoms with Crippen molar-refractivity contribution in [2.24, 2.45) is 5.73 Å². The molecule has 1 aromatic rings. The van der Waals surface area contributed by atoms with E-state index in [0.29, 0.717) is 6.61 Å². The van der Waals surface area contributed by atoms with Crippen LogP contribution >= 0.6 is 0 Å². The highest BCUT2D eigenvalue weighted by molar-refractivity contribution is 5.70. The fourth-order valence-corrected chi connectivity index (χ4v) is 2.41. The van der Waals surface area contributed by atoms with Gasteiger partial charge < -0.3 is 10.5 Å². The van der Waals surface area contributed by atoms with E-state index in [2.05, 4.69) is 31.2 Å². The lowest BCUT2D eigenvalue weighted by molar-refractivity contribution is -0.143. The number of benzene rings is 1. The quantitative estimate of drug-likeness (QED) is 0.529. The van der Waals surface area contributed by atoms with Crippen LogP contribution in [0, 0.1) is 0 Å². The highest BCUT2D eigenvalue weighted by atomic mass is 16.5. The fraction of sp³-hybridized carbons (Fsp3) is 0.611. The van der Waals surface area contributed by atoms with E-state index in [0.717, 1.165) is 12.8 Å². The van der Waals surface area contributed by atoms with Gasteiger partial charge >= 0.3 is 5.97 Å². The van der Waals surface area contributed by atoms with Crippen LogP contribution in [0.2, 0.25) is 0 Å². The average molecular weight is 291 g/mol. The maximum absolute atomic E-state index is 11.4. The van der Waals surface area contributed by atoms with Crippen LogP contribution in [0.3, 0.4) is 0 Å². The van der Waals surface area contributed by atoms with Gasteiger partial charge in [0.05, 0.1) is 13.0 Å². The lowest BCUT2D eigenvalue weighted by Crippen LogP contribution is -2.27. The molecule has 0 heterocycles. The lowest BCUT2D eigenvalue weighted by Gasteiger charge is -2.11. The second kappa shape index (κ2) is 10.4. The van der Waals surface area contributed by atoms with E-state index >= 15 is 0 Å². The zero-order valence-corrected chi connectivity index (χ0v) is 13.4. The maximum Gasteiger partial charge on any atom is 0.307 e. The lowest BCUT2D eigenvalue weighted by atomic mass is 10.0. The molecule has 1 unspecified atom stereocenters. The maximum atomic E-state index is 11.4. The first kappa shape index (κ1) is 17.7. The molecule has 2 N–H and O–H groups in total. The van der Waals surface area contributed by atoms with E-state index in [1.165, 1.54) is 36.8 Å². The molecular formula is C18H29NO2. The van der Waals surface area contributed by atoms with Gasteiger partial charge in [0, 0.05) is 6.04 Å². The molecule has 0 spiro atoms. The predicted octanol–water partition coefficient (Wildman–Crippen LogP) is 3.63. The number of unbranched alkanes of at least 4 members (excludes halogenated alkanes) is 3. The molecule has 0 aliphatic heterocycles. The van der Waals surface area contributed by atoms with Crippen LogP contribution in [0.1, 0.15) is 57.1 Å². The zero-order valence-electron chi connectivity index (χ0n) is 13.4. The third-order valence-corrected chi connectivity index (χ3v) is 3.57. The van der Waals surface area contributed by atoms with Gasteiger partial charge in [0.2, 0.25) is 0 Å². The fourth-order valence-electron chi connectivity index (χ4n) is 2.41. The average Bonchev–Trinajstić information content (AvgIpc) is 2.45. The molecule has 0 bridgehead atoms. The number of ether oxygens (including phenoxy) is 1. The topological polar surface area (TPSA) is 52.3 Å². The summed E-state index contributed by atoms with van der Waals surface area (Å²) in [6.07, 6.45) is 7.31. The standard InChI is InChI=1S/C18H29NO2/c1-3-5-6-7-8-15-9-11-16(12-10-15)13-17(19)14-18(20)21-4-2/h9-12,17H,3-8,13-14,19H2,1-2H3. The van der Waals surface area contributed by atoms with Gasteiger partial charge in [-0.2, -0.15) is 0 Å². The Morgan fingerprint density at radius 3 is 2.38 bits per heavy atom. The molecule has 1 aromatic carbocycles. The molecule has 0 aliphatic rings. The summed E-state index contributed by atoms with van der Waals surface area (Å²) in [5.74, 6) is -0.211. The molecule has 3 nitrogen and oxygen atoms in total. The number of hydrogen-bond acceptors (Lipinski definition) is 3. The first-order chi connectivity index (χ1) is 10.2. The van der Waals surface area contributed by atoms with Gasteiger partial charge in [0.1, 0.15) is 0 Å². The van der Waals surface area contributed by atoms with Gasteiger partial charge in [-0.05, 0) is 37.3 Å².